The number of amides is 1. The number of ether oxygens (including phenoxy) is 1. The lowest BCUT2D eigenvalue weighted by atomic mass is 10.1. The van der Waals surface area contributed by atoms with Gasteiger partial charge >= 0.3 is 5.69 Å². The smallest absolute Gasteiger partial charge is 0.311 e. The van der Waals surface area contributed by atoms with E-state index in [1.807, 2.05) is 0 Å². The van der Waals surface area contributed by atoms with E-state index in [-0.39, 0.29) is 17.0 Å². The zero-order valence-corrected chi connectivity index (χ0v) is 10.3. The second-order valence-electron chi connectivity index (χ2n) is 3.44. The number of hydrogen-bond donors (Lipinski definition) is 1. The molecule has 0 spiro atoms. The van der Waals surface area contributed by atoms with Crippen LogP contribution in [0.25, 0.3) is 6.08 Å². The summed E-state index contributed by atoms with van der Waals surface area (Å²) in [6.07, 6.45) is 1.27. The summed E-state index contributed by atoms with van der Waals surface area (Å²) in [5.41, 5.74) is 0.0000567. The van der Waals surface area contributed by atoms with Gasteiger partial charge in [0, 0.05) is 13.1 Å². The quantitative estimate of drug-likeness (QED) is 0.380. The molecule has 0 unspecified atom stereocenters. The van der Waals surface area contributed by atoms with Gasteiger partial charge in [-0.3, -0.25) is 14.9 Å². The molecule has 0 bridgehead atoms. The first-order valence-electron chi connectivity index (χ1n) is 5.19. The highest BCUT2D eigenvalue weighted by Crippen LogP contribution is 2.28. The van der Waals surface area contributed by atoms with Crippen molar-refractivity contribution in [3.63, 3.8) is 0 Å². The van der Waals surface area contributed by atoms with Crippen molar-refractivity contribution < 1.29 is 14.5 Å². The van der Waals surface area contributed by atoms with Gasteiger partial charge < -0.3 is 10.1 Å². The van der Waals surface area contributed by atoms with Crippen LogP contribution >= 0.6 is 0 Å². The highest BCUT2D eigenvalue weighted by Gasteiger charge is 2.15. The molecule has 98 valence electrons. The van der Waals surface area contributed by atoms with Gasteiger partial charge in [0.1, 0.15) is 11.6 Å². The van der Waals surface area contributed by atoms with Crippen molar-refractivity contribution in [3.8, 4) is 11.8 Å². The average molecular weight is 261 g/mol. The molecule has 1 amide bonds. The van der Waals surface area contributed by atoms with Gasteiger partial charge in [0.15, 0.2) is 5.75 Å². The van der Waals surface area contributed by atoms with Gasteiger partial charge in [-0.05, 0) is 17.7 Å². The highest BCUT2D eigenvalue weighted by molar-refractivity contribution is 6.01. The average Bonchev–Trinajstić information content (AvgIpc) is 2.43. The van der Waals surface area contributed by atoms with Crippen LogP contribution in [-0.2, 0) is 4.79 Å². The predicted octanol–water partition coefficient (Wildman–Crippen LogP) is 1.26. The molecule has 0 saturated heterocycles. The summed E-state index contributed by atoms with van der Waals surface area (Å²) in [7, 11) is 2.72. The van der Waals surface area contributed by atoms with Gasteiger partial charge in [0.2, 0.25) is 0 Å². The van der Waals surface area contributed by atoms with Crippen LogP contribution in [0.3, 0.4) is 0 Å². The largest absolute Gasteiger partial charge is 0.490 e. The number of nitrogens with zero attached hydrogens (tertiary/aromatic N) is 2. The Bertz CT molecular complexity index is 587. The summed E-state index contributed by atoms with van der Waals surface area (Å²) < 4.78 is 4.85. The van der Waals surface area contributed by atoms with Crippen LogP contribution < -0.4 is 10.1 Å². The van der Waals surface area contributed by atoms with Crippen LogP contribution in [-0.4, -0.2) is 25.0 Å². The molecule has 0 radical (unpaired) electrons. The maximum absolute atomic E-state index is 11.3. The second kappa shape index (κ2) is 6.16. The van der Waals surface area contributed by atoms with Gasteiger partial charge in [-0.25, -0.2) is 0 Å². The Morgan fingerprint density at radius 1 is 1.58 bits per heavy atom. The second-order valence-corrected chi connectivity index (χ2v) is 3.44. The molecule has 0 aliphatic heterocycles. The lowest BCUT2D eigenvalue weighted by Gasteiger charge is -2.02. The Morgan fingerprint density at radius 3 is 2.74 bits per heavy atom. The van der Waals surface area contributed by atoms with Crippen LogP contribution in [0, 0.1) is 21.4 Å². The number of nitriles is 1. The van der Waals surface area contributed by atoms with E-state index in [0.717, 1.165) is 0 Å². The normalized spacial score (nSPS) is 10.5. The number of rotatable bonds is 4. The Kier molecular flexibility index (Phi) is 4.60. The molecule has 0 aliphatic rings. The summed E-state index contributed by atoms with van der Waals surface area (Å²) in [4.78, 5) is 21.6. The first-order chi connectivity index (χ1) is 9.03. The fourth-order valence-electron chi connectivity index (χ4n) is 1.39. The SMILES string of the molecule is CNC(=O)/C(C#N)=C\c1ccc(OC)c([N+](=O)[O-])c1. The van der Waals surface area contributed by atoms with Crippen molar-refractivity contribution in [3.05, 3.63) is 39.4 Å². The van der Waals surface area contributed by atoms with Crippen LogP contribution in [0.15, 0.2) is 23.8 Å². The molecule has 19 heavy (non-hydrogen) atoms. The topological polar surface area (TPSA) is 105 Å². The van der Waals surface area contributed by atoms with Crippen LogP contribution in [0.1, 0.15) is 5.56 Å². The van der Waals surface area contributed by atoms with Crippen molar-refractivity contribution in [2.24, 2.45) is 0 Å². The highest BCUT2D eigenvalue weighted by atomic mass is 16.6. The van der Waals surface area contributed by atoms with E-state index in [1.54, 1.807) is 6.07 Å². The molecule has 1 aromatic carbocycles. The number of carbonyl (C=O) groups is 1. The van der Waals surface area contributed by atoms with Gasteiger partial charge in [-0.2, -0.15) is 5.26 Å². The number of hydrogen-bond acceptors (Lipinski definition) is 5. The molecule has 0 aliphatic carbocycles. The molecule has 1 N–H and O–H groups in total. The third kappa shape index (κ3) is 3.29. The molecule has 0 aromatic heterocycles. The number of methoxy groups -OCH3 is 1. The maximum Gasteiger partial charge on any atom is 0.311 e. The molecule has 7 nitrogen and oxygen atoms in total. The molecule has 1 aromatic rings. The summed E-state index contributed by atoms with van der Waals surface area (Å²) >= 11 is 0. The molecular formula is C12H11N3O4. The standard InChI is InChI=1S/C12H11N3O4/c1-14-12(16)9(7-13)5-8-3-4-11(19-2)10(6-8)15(17)18/h3-6H,1-2H3,(H,14,16)/b9-5-. The number of nitro benzene ring substituents is 1. The van der Waals surface area contributed by atoms with E-state index < -0.39 is 10.8 Å². The summed E-state index contributed by atoms with van der Waals surface area (Å²) in [5.74, 6) is -0.443. The van der Waals surface area contributed by atoms with Crippen molar-refractivity contribution in [1.82, 2.24) is 5.32 Å². The molecule has 7 heteroatoms. The number of likely N-dealkylation sites (N-methyl/N-ethyl adjacent to an activating group) is 1. The number of nitro groups is 1. The predicted molar refractivity (Wildman–Crippen MR) is 67.3 cm³/mol. The van der Waals surface area contributed by atoms with Crippen molar-refractivity contribution >= 4 is 17.7 Å². The van der Waals surface area contributed by atoms with Crippen LogP contribution in [0.4, 0.5) is 5.69 Å². The lowest BCUT2D eigenvalue weighted by molar-refractivity contribution is -0.385. The van der Waals surface area contributed by atoms with Crippen LogP contribution in [0.2, 0.25) is 0 Å². The minimum absolute atomic E-state index is 0.112. The van der Waals surface area contributed by atoms with Gasteiger partial charge in [-0.15, -0.1) is 0 Å². The van der Waals surface area contributed by atoms with E-state index in [1.165, 1.54) is 38.4 Å². The Balaban J connectivity index is 3.27. The third-order valence-electron chi connectivity index (χ3n) is 2.30. The van der Waals surface area contributed by atoms with Crippen molar-refractivity contribution in [1.29, 1.82) is 5.26 Å². The molecular weight excluding hydrogens is 250 g/mol. The van der Waals surface area contributed by atoms with Crippen molar-refractivity contribution in [2.45, 2.75) is 0 Å². The van der Waals surface area contributed by atoms with E-state index in [0.29, 0.717) is 5.56 Å². The van der Waals surface area contributed by atoms with E-state index >= 15 is 0 Å². The van der Waals surface area contributed by atoms with Gasteiger partial charge in [0.25, 0.3) is 5.91 Å². The fraction of sp³-hybridized carbons (Fsp3) is 0.167. The summed E-state index contributed by atoms with van der Waals surface area (Å²) in [5, 5.41) is 22.0. The molecule has 0 heterocycles. The summed E-state index contributed by atoms with van der Waals surface area (Å²) in [6, 6.07) is 5.89. The summed E-state index contributed by atoms with van der Waals surface area (Å²) in [6.45, 7) is 0. The Morgan fingerprint density at radius 2 is 2.26 bits per heavy atom. The molecule has 0 saturated carbocycles. The zero-order valence-electron chi connectivity index (χ0n) is 10.3. The fourth-order valence-corrected chi connectivity index (χ4v) is 1.39. The van der Waals surface area contributed by atoms with Gasteiger partial charge in [0.05, 0.1) is 12.0 Å². The third-order valence-corrected chi connectivity index (χ3v) is 2.30. The molecule has 1 rings (SSSR count). The first kappa shape index (κ1) is 14.2. The van der Waals surface area contributed by atoms with Gasteiger partial charge in [-0.1, -0.05) is 6.07 Å². The first-order valence-corrected chi connectivity index (χ1v) is 5.19. The Hall–Kier alpha value is -2.88. The molecule has 0 atom stereocenters. The van der Waals surface area contributed by atoms with Crippen LogP contribution in [0.5, 0.6) is 5.75 Å². The molecule has 0 fully saturated rings. The van der Waals surface area contributed by atoms with E-state index in [9.17, 15) is 14.9 Å². The number of benzene rings is 1. The van der Waals surface area contributed by atoms with E-state index in [2.05, 4.69) is 5.32 Å². The minimum atomic E-state index is -0.595. The zero-order chi connectivity index (χ0) is 14.4. The lowest BCUT2D eigenvalue weighted by Crippen LogP contribution is -2.19. The minimum Gasteiger partial charge on any atom is -0.490 e. The monoisotopic (exact) mass is 261 g/mol. The number of carbonyl (C=O) groups excluding carboxylic acids is 1. The maximum atomic E-state index is 11.3. The number of nitrogens with one attached hydrogen (secondary N) is 1. The van der Waals surface area contributed by atoms with Crippen molar-refractivity contribution in [2.75, 3.05) is 14.2 Å². The van der Waals surface area contributed by atoms with E-state index in [4.69, 9.17) is 10.00 Å². The Labute approximate surface area is 109 Å².